The van der Waals surface area contributed by atoms with Crippen LogP contribution < -0.4 is 0 Å². The molecule has 0 bridgehead atoms. The Balaban J connectivity index is 2.17. The molecule has 0 spiro atoms. The molecule has 0 N–H and O–H groups in total. The number of furan rings is 1. The number of hydrogen-bond acceptors (Lipinski definition) is 4. The first-order chi connectivity index (χ1) is 11.0. The quantitative estimate of drug-likeness (QED) is 0.428. The Hall–Kier alpha value is -2.32. The molecule has 0 unspecified atom stereocenters. The molecule has 23 heavy (non-hydrogen) atoms. The molecule has 0 saturated carbocycles. The lowest BCUT2D eigenvalue weighted by Crippen LogP contribution is -2.11. The monoisotopic (exact) mass is 373 g/mol. The molecular formula is C18H16BrNO3. The van der Waals surface area contributed by atoms with E-state index in [4.69, 9.17) is 14.4 Å². The highest BCUT2D eigenvalue weighted by Gasteiger charge is 2.13. The van der Waals surface area contributed by atoms with Gasteiger partial charge in [0.15, 0.2) is 0 Å². The maximum Gasteiger partial charge on any atom is 0.349 e. The Morgan fingerprint density at radius 3 is 2.61 bits per heavy atom. The van der Waals surface area contributed by atoms with Gasteiger partial charge in [0.2, 0.25) is 0 Å². The molecule has 2 rings (SSSR count). The minimum Gasteiger partial charge on any atom is -0.461 e. The van der Waals surface area contributed by atoms with E-state index in [1.165, 1.54) is 6.08 Å². The zero-order chi connectivity index (χ0) is 16.8. The molecule has 2 aromatic rings. The zero-order valence-corrected chi connectivity index (χ0v) is 14.5. The van der Waals surface area contributed by atoms with Crippen LogP contribution in [-0.2, 0) is 9.53 Å². The molecule has 0 aliphatic rings. The summed E-state index contributed by atoms with van der Waals surface area (Å²) in [6.07, 6.45) is 1.39. The highest BCUT2D eigenvalue weighted by Crippen LogP contribution is 2.25. The second-order valence-electron chi connectivity index (χ2n) is 5.37. The van der Waals surface area contributed by atoms with Crippen LogP contribution in [0.1, 0.15) is 19.6 Å². The summed E-state index contributed by atoms with van der Waals surface area (Å²) in [4.78, 5) is 11.8. The first-order valence-corrected chi connectivity index (χ1v) is 7.93. The number of hydrogen-bond donors (Lipinski definition) is 0. The third kappa shape index (κ3) is 4.83. The summed E-state index contributed by atoms with van der Waals surface area (Å²) < 4.78 is 11.7. The van der Waals surface area contributed by atoms with Crippen LogP contribution in [0.4, 0.5) is 0 Å². The van der Waals surface area contributed by atoms with Gasteiger partial charge in [0.25, 0.3) is 0 Å². The molecule has 0 aliphatic heterocycles. The van der Waals surface area contributed by atoms with Crippen molar-refractivity contribution >= 4 is 28.0 Å². The first kappa shape index (κ1) is 17.0. The summed E-state index contributed by atoms with van der Waals surface area (Å²) in [6, 6.07) is 13.0. The van der Waals surface area contributed by atoms with Crippen LogP contribution in [0, 0.1) is 17.2 Å². The second-order valence-corrected chi connectivity index (χ2v) is 6.29. The van der Waals surface area contributed by atoms with Gasteiger partial charge in [0, 0.05) is 16.1 Å². The van der Waals surface area contributed by atoms with E-state index in [1.54, 1.807) is 12.1 Å². The third-order valence-electron chi connectivity index (χ3n) is 2.93. The smallest absolute Gasteiger partial charge is 0.349 e. The van der Waals surface area contributed by atoms with E-state index in [-0.39, 0.29) is 18.1 Å². The molecule has 0 atom stereocenters. The zero-order valence-electron chi connectivity index (χ0n) is 12.9. The van der Waals surface area contributed by atoms with Gasteiger partial charge in [-0.2, -0.15) is 5.26 Å². The van der Waals surface area contributed by atoms with E-state index in [1.807, 2.05) is 44.2 Å². The number of carbonyl (C=O) groups is 1. The number of benzene rings is 1. The van der Waals surface area contributed by atoms with Crippen molar-refractivity contribution in [2.24, 2.45) is 5.92 Å². The average Bonchev–Trinajstić information content (AvgIpc) is 2.99. The summed E-state index contributed by atoms with van der Waals surface area (Å²) in [5.74, 6) is 0.673. The summed E-state index contributed by atoms with van der Waals surface area (Å²) in [5.41, 5.74) is 0.830. The predicted octanol–water partition coefficient (Wildman–Crippen LogP) is 4.82. The summed E-state index contributed by atoms with van der Waals surface area (Å²) in [7, 11) is 0. The van der Waals surface area contributed by atoms with Crippen LogP contribution >= 0.6 is 15.9 Å². The van der Waals surface area contributed by atoms with Crippen molar-refractivity contribution in [1.29, 1.82) is 5.26 Å². The molecule has 1 aromatic carbocycles. The predicted molar refractivity (Wildman–Crippen MR) is 91.2 cm³/mol. The van der Waals surface area contributed by atoms with Gasteiger partial charge in [-0.1, -0.05) is 41.9 Å². The highest BCUT2D eigenvalue weighted by molar-refractivity contribution is 9.10. The van der Waals surface area contributed by atoms with Gasteiger partial charge in [0.05, 0.1) is 6.61 Å². The van der Waals surface area contributed by atoms with Crippen molar-refractivity contribution in [3.8, 4) is 17.4 Å². The van der Waals surface area contributed by atoms with Crippen LogP contribution in [0.5, 0.6) is 0 Å². The Kier molecular flexibility index (Phi) is 5.78. The SMILES string of the molecule is CC(C)COC(=O)C(C#N)=Cc1ccc(-c2ccc(Br)cc2)o1. The van der Waals surface area contributed by atoms with Gasteiger partial charge in [-0.25, -0.2) is 4.79 Å². The molecule has 0 amide bonds. The van der Waals surface area contributed by atoms with Crippen LogP contribution in [0.25, 0.3) is 17.4 Å². The molecular weight excluding hydrogens is 358 g/mol. The maximum atomic E-state index is 11.8. The third-order valence-corrected chi connectivity index (χ3v) is 3.46. The molecule has 4 nitrogen and oxygen atoms in total. The highest BCUT2D eigenvalue weighted by atomic mass is 79.9. The van der Waals surface area contributed by atoms with E-state index >= 15 is 0 Å². The number of carbonyl (C=O) groups excluding carboxylic acids is 1. The Labute approximate surface area is 143 Å². The standard InChI is InChI=1S/C18H16BrNO3/c1-12(2)11-22-18(21)14(10-20)9-16-7-8-17(23-16)13-3-5-15(19)6-4-13/h3-9,12H,11H2,1-2H3. The van der Waals surface area contributed by atoms with Crippen molar-refractivity contribution in [3.05, 3.63) is 52.2 Å². The number of ether oxygens (including phenoxy) is 1. The summed E-state index contributed by atoms with van der Waals surface area (Å²) in [5, 5.41) is 9.11. The van der Waals surface area contributed by atoms with Gasteiger partial charge < -0.3 is 9.15 Å². The van der Waals surface area contributed by atoms with Crippen molar-refractivity contribution < 1.29 is 13.9 Å². The average molecular weight is 374 g/mol. The van der Waals surface area contributed by atoms with E-state index in [0.717, 1.165) is 10.0 Å². The lowest BCUT2D eigenvalue weighted by Gasteiger charge is -2.05. The van der Waals surface area contributed by atoms with Gasteiger partial charge in [-0.3, -0.25) is 0 Å². The van der Waals surface area contributed by atoms with Crippen molar-refractivity contribution in [1.82, 2.24) is 0 Å². The van der Waals surface area contributed by atoms with Crippen LogP contribution in [0.3, 0.4) is 0 Å². The molecule has 0 saturated heterocycles. The van der Waals surface area contributed by atoms with Gasteiger partial charge >= 0.3 is 5.97 Å². The van der Waals surface area contributed by atoms with Crippen LogP contribution in [-0.4, -0.2) is 12.6 Å². The number of nitrogens with zero attached hydrogens (tertiary/aromatic N) is 1. The van der Waals surface area contributed by atoms with Crippen LogP contribution in [0.2, 0.25) is 0 Å². The summed E-state index contributed by atoms with van der Waals surface area (Å²) in [6.45, 7) is 4.14. The molecule has 0 aliphatic carbocycles. The van der Waals surface area contributed by atoms with E-state index < -0.39 is 5.97 Å². The topological polar surface area (TPSA) is 63.2 Å². The normalized spacial score (nSPS) is 11.3. The number of rotatable bonds is 5. The first-order valence-electron chi connectivity index (χ1n) is 7.14. The lowest BCUT2D eigenvalue weighted by molar-refractivity contribution is -0.139. The van der Waals surface area contributed by atoms with Crippen LogP contribution in [0.15, 0.2) is 50.9 Å². The largest absolute Gasteiger partial charge is 0.461 e. The maximum absolute atomic E-state index is 11.8. The molecule has 1 heterocycles. The van der Waals surface area contributed by atoms with Gasteiger partial charge in [0.1, 0.15) is 23.2 Å². The number of nitriles is 1. The fourth-order valence-electron chi connectivity index (χ4n) is 1.80. The molecule has 1 aromatic heterocycles. The minimum atomic E-state index is -0.636. The minimum absolute atomic E-state index is 0.0812. The number of esters is 1. The number of halogens is 1. The van der Waals surface area contributed by atoms with E-state index in [9.17, 15) is 4.79 Å². The molecule has 5 heteroatoms. The fraction of sp³-hybridized carbons (Fsp3) is 0.222. The Bertz CT molecular complexity index is 751. The molecule has 118 valence electrons. The second kappa shape index (κ2) is 7.80. The molecule has 0 radical (unpaired) electrons. The summed E-state index contributed by atoms with van der Waals surface area (Å²) >= 11 is 3.38. The van der Waals surface area contributed by atoms with Gasteiger partial charge in [-0.05, 0) is 30.2 Å². The Morgan fingerprint density at radius 2 is 2.00 bits per heavy atom. The lowest BCUT2D eigenvalue weighted by atomic mass is 10.2. The molecule has 0 fully saturated rings. The van der Waals surface area contributed by atoms with Crippen molar-refractivity contribution in [3.63, 3.8) is 0 Å². The Morgan fingerprint density at radius 1 is 1.30 bits per heavy atom. The van der Waals surface area contributed by atoms with E-state index in [2.05, 4.69) is 15.9 Å². The van der Waals surface area contributed by atoms with Crippen molar-refractivity contribution in [2.45, 2.75) is 13.8 Å². The van der Waals surface area contributed by atoms with Crippen molar-refractivity contribution in [2.75, 3.05) is 6.61 Å². The van der Waals surface area contributed by atoms with Gasteiger partial charge in [-0.15, -0.1) is 0 Å². The van der Waals surface area contributed by atoms with E-state index in [0.29, 0.717) is 11.5 Å². The fourth-order valence-corrected chi connectivity index (χ4v) is 2.06.